The maximum Gasteiger partial charge on any atom is 0.194 e. The lowest BCUT2D eigenvalue weighted by Gasteiger charge is -2.31. The third kappa shape index (κ3) is 4.85. The van der Waals surface area contributed by atoms with Crippen molar-refractivity contribution in [3.05, 3.63) is 41.5 Å². The Labute approximate surface area is 215 Å². The van der Waals surface area contributed by atoms with E-state index in [2.05, 4.69) is 24.5 Å². The number of nitrogens with one attached hydrogen (secondary N) is 2. The zero-order chi connectivity index (χ0) is 25.1. The molecule has 2 aromatic carbocycles. The topological polar surface area (TPSA) is 68.8 Å². The fourth-order valence-corrected chi connectivity index (χ4v) is 6.23. The van der Waals surface area contributed by atoms with Crippen LogP contribution in [0.5, 0.6) is 17.2 Å². The summed E-state index contributed by atoms with van der Waals surface area (Å²) in [6.45, 7) is 8.45. The van der Waals surface area contributed by atoms with Gasteiger partial charge in [0.05, 0.1) is 7.11 Å². The lowest BCUT2D eigenvalue weighted by molar-refractivity contribution is 0.103. The summed E-state index contributed by atoms with van der Waals surface area (Å²) in [5.41, 5.74) is 2.99. The van der Waals surface area contributed by atoms with E-state index in [1.54, 1.807) is 7.11 Å². The Morgan fingerprint density at radius 2 is 1.50 bits per heavy atom. The highest BCUT2D eigenvalue weighted by molar-refractivity contribution is 6.23. The molecule has 4 atom stereocenters. The third-order valence-electron chi connectivity index (χ3n) is 8.15. The molecule has 1 aliphatic carbocycles. The van der Waals surface area contributed by atoms with E-state index in [0.29, 0.717) is 34.5 Å². The van der Waals surface area contributed by atoms with E-state index in [4.69, 9.17) is 14.2 Å². The number of ketones is 1. The Hall–Kier alpha value is -2.57. The van der Waals surface area contributed by atoms with E-state index < -0.39 is 0 Å². The van der Waals surface area contributed by atoms with Gasteiger partial charge in [-0.1, -0.05) is 26.0 Å². The van der Waals surface area contributed by atoms with Crippen LogP contribution in [0.25, 0.3) is 11.1 Å². The normalized spacial score (nSPS) is 22.9. The Kier molecular flexibility index (Phi) is 7.82. The van der Waals surface area contributed by atoms with Gasteiger partial charge in [0.25, 0.3) is 0 Å². The van der Waals surface area contributed by atoms with Crippen molar-refractivity contribution >= 4 is 5.78 Å². The van der Waals surface area contributed by atoms with Crippen LogP contribution >= 0.6 is 0 Å². The van der Waals surface area contributed by atoms with Crippen LogP contribution in [0.15, 0.2) is 30.3 Å². The number of methoxy groups -OCH3 is 1. The van der Waals surface area contributed by atoms with Crippen LogP contribution in [-0.4, -0.2) is 51.3 Å². The zero-order valence-corrected chi connectivity index (χ0v) is 21.9. The van der Waals surface area contributed by atoms with E-state index in [9.17, 15) is 4.79 Å². The van der Waals surface area contributed by atoms with Gasteiger partial charge in [0, 0.05) is 53.2 Å². The summed E-state index contributed by atoms with van der Waals surface area (Å²) in [6.07, 6.45) is 6.72. The number of carbonyl (C=O) groups is 1. The molecule has 4 unspecified atom stereocenters. The van der Waals surface area contributed by atoms with Gasteiger partial charge in [0.2, 0.25) is 0 Å². The summed E-state index contributed by atoms with van der Waals surface area (Å²) in [5.74, 6) is 3.07. The summed E-state index contributed by atoms with van der Waals surface area (Å²) in [5, 5.41) is 7.00. The molecule has 0 radical (unpaired) electrons. The van der Waals surface area contributed by atoms with E-state index in [0.717, 1.165) is 68.7 Å². The van der Waals surface area contributed by atoms with Gasteiger partial charge in [-0.05, 0) is 63.7 Å². The van der Waals surface area contributed by atoms with Gasteiger partial charge in [-0.3, -0.25) is 4.79 Å². The standard InChI is InChI=1S/C30H40N2O4/c1-4-24(19-9-7-13-31-17-19)35-21-15-23-29(27(16-21)34-3)28-22(30(23)33)11-6-12-26(28)36-25(5-2)20-10-8-14-32-18-20/h6,11-12,15-16,19-20,24-25,31-32H,4-5,7-10,13-14,17-18H2,1-3H3. The number of carbonyl (C=O) groups excluding carboxylic acids is 1. The highest BCUT2D eigenvalue weighted by atomic mass is 16.5. The zero-order valence-electron chi connectivity index (χ0n) is 21.9. The van der Waals surface area contributed by atoms with Gasteiger partial charge < -0.3 is 24.8 Å². The van der Waals surface area contributed by atoms with Crippen LogP contribution in [0.4, 0.5) is 0 Å². The van der Waals surface area contributed by atoms with Gasteiger partial charge in [-0.25, -0.2) is 0 Å². The Balaban J connectivity index is 1.47. The van der Waals surface area contributed by atoms with Crippen molar-refractivity contribution < 1.29 is 19.0 Å². The van der Waals surface area contributed by atoms with E-state index in [1.807, 2.05) is 30.3 Å². The molecule has 2 saturated heterocycles. The van der Waals surface area contributed by atoms with Gasteiger partial charge in [-0.15, -0.1) is 0 Å². The van der Waals surface area contributed by atoms with E-state index in [1.165, 1.54) is 12.8 Å². The predicted octanol–water partition coefficient (Wildman–Crippen LogP) is 5.22. The second-order valence-corrected chi connectivity index (χ2v) is 10.4. The number of fused-ring (bicyclic) bond motifs is 3. The third-order valence-corrected chi connectivity index (χ3v) is 8.15. The molecule has 5 rings (SSSR count). The number of benzene rings is 2. The molecule has 6 heteroatoms. The first kappa shape index (κ1) is 25.1. The summed E-state index contributed by atoms with van der Waals surface area (Å²) in [7, 11) is 1.66. The SMILES string of the molecule is CCC(Oc1cc(OC)c2c(c1)C(=O)c1cccc(OC(CC)C3CCCNC3)c1-2)C1CCCNC1. The van der Waals surface area contributed by atoms with Gasteiger partial charge >= 0.3 is 0 Å². The summed E-state index contributed by atoms with van der Waals surface area (Å²) in [6, 6.07) is 9.67. The molecule has 2 aliphatic heterocycles. The second kappa shape index (κ2) is 11.2. The molecule has 3 aliphatic rings. The second-order valence-electron chi connectivity index (χ2n) is 10.4. The van der Waals surface area contributed by atoms with Crippen LogP contribution in [-0.2, 0) is 0 Å². The van der Waals surface area contributed by atoms with Crippen LogP contribution < -0.4 is 24.8 Å². The lowest BCUT2D eigenvalue weighted by Crippen LogP contribution is -2.39. The molecule has 194 valence electrons. The van der Waals surface area contributed by atoms with Crippen molar-refractivity contribution in [1.29, 1.82) is 0 Å². The first-order valence-electron chi connectivity index (χ1n) is 13.8. The molecular formula is C30H40N2O4. The van der Waals surface area contributed by atoms with Crippen molar-refractivity contribution in [2.75, 3.05) is 33.3 Å². The smallest absolute Gasteiger partial charge is 0.194 e. The fraction of sp³-hybridized carbons (Fsp3) is 0.567. The minimum atomic E-state index is 0.00830. The number of ether oxygens (including phenoxy) is 3. The monoisotopic (exact) mass is 492 g/mol. The molecule has 0 aromatic heterocycles. The average Bonchev–Trinajstić information content (AvgIpc) is 3.23. The van der Waals surface area contributed by atoms with Crippen LogP contribution in [0, 0.1) is 11.8 Å². The molecule has 6 nitrogen and oxygen atoms in total. The quantitative estimate of drug-likeness (QED) is 0.427. The fourth-order valence-electron chi connectivity index (χ4n) is 6.23. The molecule has 2 fully saturated rings. The van der Waals surface area contributed by atoms with Crippen LogP contribution in [0.1, 0.15) is 68.3 Å². The minimum absolute atomic E-state index is 0.00830. The Bertz CT molecular complexity index is 1070. The highest BCUT2D eigenvalue weighted by Gasteiger charge is 2.35. The van der Waals surface area contributed by atoms with Crippen molar-refractivity contribution in [2.24, 2.45) is 11.8 Å². The maximum absolute atomic E-state index is 13.6. The molecule has 0 saturated carbocycles. The molecular weight excluding hydrogens is 452 g/mol. The Morgan fingerprint density at radius 1 is 0.861 bits per heavy atom. The first-order chi connectivity index (χ1) is 17.6. The van der Waals surface area contributed by atoms with Crippen molar-refractivity contribution in [2.45, 2.75) is 64.6 Å². The molecule has 2 N–H and O–H groups in total. The molecule has 2 aromatic rings. The average molecular weight is 493 g/mol. The molecule has 36 heavy (non-hydrogen) atoms. The number of rotatable bonds is 9. The van der Waals surface area contributed by atoms with Crippen LogP contribution in [0.3, 0.4) is 0 Å². The van der Waals surface area contributed by atoms with Crippen molar-refractivity contribution in [3.8, 4) is 28.4 Å². The molecule has 0 spiro atoms. The summed E-state index contributed by atoms with van der Waals surface area (Å²) >= 11 is 0. The van der Waals surface area contributed by atoms with Crippen LogP contribution in [0.2, 0.25) is 0 Å². The largest absolute Gasteiger partial charge is 0.496 e. The van der Waals surface area contributed by atoms with Gasteiger partial charge in [0.1, 0.15) is 29.5 Å². The molecule has 0 bridgehead atoms. The summed E-state index contributed by atoms with van der Waals surface area (Å²) < 4.78 is 19.0. The summed E-state index contributed by atoms with van der Waals surface area (Å²) in [4.78, 5) is 13.6. The first-order valence-corrected chi connectivity index (χ1v) is 13.8. The number of hydrogen-bond acceptors (Lipinski definition) is 6. The number of piperidine rings is 2. The predicted molar refractivity (Wildman–Crippen MR) is 142 cm³/mol. The maximum atomic E-state index is 13.6. The van der Waals surface area contributed by atoms with Gasteiger partial charge in [0.15, 0.2) is 5.78 Å². The van der Waals surface area contributed by atoms with Gasteiger partial charge in [-0.2, -0.15) is 0 Å². The molecule has 0 amide bonds. The number of hydrogen-bond donors (Lipinski definition) is 2. The van der Waals surface area contributed by atoms with E-state index in [-0.39, 0.29) is 18.0 Å². The van der Waals surface area contributed by atoms with Crippen molar-refractivity contribution in [3.63, 3.8) is 0 Å². The van der Waals surface area contributed by atoms with E-state index >= 15 is 0 Å². The lowest BCUT2D eigenvalue weighted by atomic mass is 9.92. The highest BCUT2D eigenvalue weighted by Crippen LogP contribution is 2.49. The minimum Gasteiger partial charge on any atom is -0.496 e. The Morgan fingerprint density at radius 3 is 2.08 bits per heavy atom. The molecule has 2 heterocycles. The van der Waals surface area contributed by atoms with Crippen molar-refractivity contribution in [1.82, 2.24) is 10.6 Å².